The molecule has 1 heterocycles. The van der Waals surface area contributed by atoms with E-state index >= 15 is 8.78 Å². The lowest BCUT2D eigenvalue weighted by Crippen LogP contribution is -2.52. The lowest BCUT2D eigenvalue weighted by molar-refractivity contribution is -0.122. The van der Waals surface area contributed by atoms with Gasteiger partial charge in [-0.15, -0.1) is 0 Å². The van der Waals surface area contributed by atoms with Gasteiger partial charge in [-0.3, -0.25) is 4.79 Å². The van der Waals surface area contributed by atoms with Crippen LogP contribution in [0.15, 0.2) is 103 Å². The van der Waals surface area contributed by atoms with Crippen LogP contribution in [0.4, 0.5) is 8.78 Å². The van der Waals surface area contributed by atoms with Crippen molar-refractivity contribution in [3.8, 4) is 17.6 Å². The zero-order valence-electron chi connectivity index (χ0n) is 57.3. The molecule has 0 spiro atoms. The van der Waals surface area contributed by atoms with Crippen LogP contribution in [0.2, 0.25) is 18.1 Å². The molecule has 498 valence electrons. The molecule has 12 nitrogen and oxygen atoms in total. The molecule has 9 rings (SSSR count). The van der Waals surface area contributed by atoms with E-state index < -0.39 is 58.5 Å². The molecule has 91 heavy (non-hydrogen) atoms. The molecule has 0 aromatic heterocycles. The molecule has 3 saturated carbocycles. The molecule has 1 N–H and O–H groups in total. The highest BCUT2D eigenvalue weighted by Crippen LogP contribution is 2.71. The van der Waals surface area contributed by atoms with Crippen LogP contribution in [-0.2, 0) is 44.7 Å². The number of methoxy groups -OCH3 is 2. The molecular weight excluding hydrogens is 1180 g/mol. The molecule has 2 unspecified atom stereocenters. The Kier molecular flexibility index (Phi) is 23.0. The molecule has 1 amide bonds. The number of nitrogens with one attached hydrogen (secondary N) is 1. The molecule has 12 atom stereocenters. The van der Waals surface area contributed by atoms with E-state index in [1.807, 2.05) is 78.9 Å². The third-order valence-electron chi connectivity index (χ3n) is 22.9. The monoisotopic (exact) mass is 1290 g/mol. The number of rotatable bonds is 28. The number of hydrogen-bond donors (Lipinski definition) is 1. The molecule has 4 aromatic rings. The Balaban J connectivity index is 0.966. The van der Waals surface area contributed by atoms with Gasteiger partial charge in [-0.1, -0.05) is 121 Å². The zero-order chi connectivity index (χ0) is 65.7. The maximum absolute atomic E-state index is 17.2. The predicted octanol–water partition coefficient (Wildman–Crippen LogP) is 17.9. The van der Waals surface area contributed by atoms with Gasteiger partial charge in [-0.25, -0.2) is 13.5 Å². The van der Waals surface area contributed by atoms with Crippen LogP contribution in [-0.4, -0.2) is 89.9 Å². The van der Waals surface area contributed by atoms with Crippen molar-refractivity contribution < 1.29 is 50.7 Å². The van der Waals surface area contributed by atoms with Crippen molar-refractivity contribution in [2.24, 2.45) is 39.9 Å². The van der Waals surface area contributed by atoms with Gasteiger partial charge in [0.15, 0.2) is 8.32 Å². The number of benzene rings is 4. The number of amides is 1. The summed E-state index contributed by atoms with van der Waals surface area (Å²) in [6.45, 7) is 29.2. The third-order valence-corrected chi connectivity index (χ3v) is 29.5. The second-order valence-corrected chi connectivity index (χ2v) is 35.7. The number of fused-ring (bicyclic) bond motifs is 5. The maximum atomic E-state index is 17.2. The summed E-state index contributed by atoms with van der Waals surface area (Å²) in [7, 11) is -1.48. The standard InChI is InChI=1S/C75H106F2N3O9PSi/c1-50(2)80(51(3)4)90(86-44-21-42-78)88-69-66(49-85-75(55-23-17-16-18-24-55,56-26-31-58(82-12)32-27-56)57-28-33-59(83-13)34-29-57)87-68(70(69)89-91(14,15)71(6,7)8)61-46-53(64(76)47-65(61)77)48-84-45-43-79-67(81)36-25-52(5)73(10)40-38-63-60-35-30-54-22-19-20-39-72(54,9)62(60)37-41-74(63,73)11/h16-18,23-24,26-34,46-47,50-52,60,62-63,66,68-70H,19-22,25,35-41,43-45,48-49H2,1-15H3,(H,79,81)/t52-,60-,62+,63+,66-,68+,69+,70?,72+,73-,74+,90?/m1/s1. The fraction of sp³-hybridized carbons (Fsp3) is 0.627. The summed E-state index contributed by atoms with van der Waals surface area (Å²) in [6.07, 6.45) is 11.7. The largest absolute Gasteiger partial charge is 0.497 e. The van der Waals surface area contributed by atoms with Gasteiger partial charge in [0.2, 0.25) is 5.91 Å². The third kappa shape index (κ3) is 14.6. The van der Waals surface area contributed by atoms with Crippen molar-refractivity contribution in [2.45, 2.75) is 220 Å². The second-order valence-electron chi connectivity index (χ2n) is 29.6. The Labute approximate surface area is 546 Å². The molecule has 1 saturated heterocycles. The summed E-state index contributed by atoms with van der Waals surface area (Å²) in [5.74, 6) is 2.40. The van der Waals surface area contributed by atoms with Crippen molar-refractivity contribution in [3.05, 3.63) is 142 Å². The second kappa shape index (κ2) is 29.6. The number of allylic oxidation sites excluding steroid dienone is 2. The predicted molar refractivity (Wildman–Crippen MR) is 360 cm³/mol. The summed E-state index contributed by atoms with van der Waals surface area (Å²) < 4.78 is 89.4. The minimum Gasteiger partial charge on any atom is -0.497 e. The molecule has 5 aliphatic rings. The van der Waals surface area contributed by atoms with Crippen molar-refractivity contribution in [1.82, 2.24) is 9.99 Å². The van der Waals surface area contributed by atoms with E-state index in [2.05, 4.69) is 111 Å². The van der Waals surface area contributed by atoms with Gasteiger partial charge >= 0.3 is 0 Å². The van der Waals surface area contributed by atoms with E-state index in [0.29, 0.717) is 29.3 Å². The molecule has 4 aromatic carbocycles. The fourth-order valence-electron chi connectivity index (χ4n) is 16.5. The normalized spacial score (nSPS) is 27.4. The van der Waals surface area contributed by atoms with Crippen LogP contribution < -0.4 is 14.8 Å². The van der Waals surface area contributed by atoms with Crippen molar-refractivity contribution in [1.29, 1.82) is 5.26 Å². The van der Waals surface area contributed by atoms with Gasteiger partial charge in [0.1, 0.15) is 53.2 Å². The highest BCUT2D eigenvalue weighted by atomic mass is 31.2. The topological polar surface area (TPSA) is 130 Å². The SMILES string of the molecule is COc1ccc(C(OC[C@H]2O[C@@H](c3cc(COCCNC(=O)CC[C@@H](C)[C@@]4(C)CC[C@H]5[C@@H]6CC=C7CCCC[C@]7(C)[C@H]6CC[C@@]54C)c(F)cc3F)C(O[Si](C)(C)C(C)(C)C)[C@H]2OP(OCCC#N)N(C(C)C)C(C)C)(c2ccccc2)c2ccc(OC)cc2)cc1. The fourth-order valence-corrected chi connectivity index (χ4v) is 19.6. The lowest BCUT2D eigenvalue weighted by atomic mass is 9.45. The van der Waals surface area contributed by atoms with Crippen molar-refractivity contribution >= 4 is 22.8 Å². The quantitative estimate of drug-likeness (QED) is 0.0192. The highest BCUT2D eigenvalue weighted by Gasteiger charge is 2.63. The number of halogens is 2. The number of carbonyl (C=O) groups excluding carboxylic acids is 1. The Morgan fingerprint density at radius 3 is 2.08 bits per heavy atom. The molecule has 1 aliphatic heterocycles. The van der Waals surface area contributed by atoms with E-state index in [1.165, 1.54) is 63.9 Å². The zero-order valence-corrected chi connectivity index (χ0v) is 59.2. The van der Waals surface area contributed by atoms with Crippen LogP contribution >= 0.6 is 8.53 Å². The molecular formula is C75H106F2N3O9PSi. The highest BCUT2D eigenvalue weighted by molar-refractivity contribution is 7.44. The van der Waals surface area contributed by atoms with Gasteiger partial charge in [0.25, 0.3) is 8.53 Å². The van der Waals surface area contributed by atoms with Gasteiger partial charge in [0, 0.05) is 42.2 Å². The smallest absolute Gasteiger partial charge is 0.259 e. The van der Waals surface area contributed by atoms with Crippen LogP contribution in [0, 0.1) is 62.9 Å². The van der Waals surface area contributed by atoms with Crippen molar-refractivity contribution in [3.63, 3.8) is 0 Å². The van der Waals surface area contributed by atoms with E-state index in [1.54, 1.807) is 19.8 Å². The number of ether oxygens (including phenoxy) is 5. The van der Waals surface area contributed by atoms with Crippen LogP contribution in [0.1, 0.15) is 187 Å². The maximum Gasteiger partial charge on any atom is 0.259 e. The number of nitrogens with zero attached hydrogens (tertiary/aromatic N) is 2. The molecule has 0 radical (unpaired) electrons. The lowest BCUT2D eigenvalue weighted by Gasteiger charge is -2.60. The van der Waals surface area contributed by atoms with Crippen LogP contribution in [0.3, 0.4) is 0 Å². The number of nitriles is 1. The average molecular weight is 1290 g/mol. The van der Waals surface area contributed by atoms with Gasteiger partial charge in [0.05, 0.1) is 53.1 Å². The summed E-state index contributed by atoms with van der Waals surface area (Å²) in [5.41, 5.74) is 3.89. The molecule has 4 aliphatic carbocycles. The van der Waals surface area contributed by atoms with Gasteiger partial charge in [-0.2, -0.15) is 5.26 Å². The first kappa shape index (κ1) is 70.7. The van der Waals surface area contributed by atoms with E-state index in [-0.39, 0.29) is 84.4 Å². The van der Waals surface area contributed by atoms with Crippen LogP contribution in [0.25, 0.3) is 0 Å². The Hall–Kier alpha value is -4.59. The molecule has 4 fully saturated rings. The first-order valence-corrected chi connectivity index (χ1v) is 37.9. The summed E-state index contributed by atoms with van der Waals surface area (Å²) in [4.78, 5) is 13.6. The summed E-state index contributed by atoms with van der Waals surface area (Å²) in [6, 6.07) is 30.0. The van der Waals surface area contributed by atoms with E-state index in [9.17, 15) is 10.1 Å². The Morgan fingerprint density at radius 1 is 0.824 bits per heavy atom. The Morgan fingerprint density at radius 2 is 1.46 bits per heavy atom. The van der Waals surface area contributed by atoms with Gasteiger partial charge in [-0.05, 0) is 191 Å². The van der Waals surface area contributed by atoms with Crippen LogP contribution in [0.5, 0.6) is 11.5 Å². The molecule has 0 bridgehead atoms. The first-order chi connectivity index (χ1) is 43.3. The van der Waals surface area contributed by atoms with Crippen molar-refractivity contribution in [2.75, 3.05) is 40.6 Å². The number of carbonyl (C=O) groups is 1. The molecule has 16 heteroatoms. The minimum absolute atomic E-state index is 0.0209. The van der Waals surface area contributed by atoms with E-state index in [0.717, 1.165) is 46.9 Å². The minimum atomic E-state index is -2.81. The Bertz CT molecular complexity index is 3080. The van der Waals surface area contributed by atoms with Gasteiger partial charge < -0.3 is 42.5 Å². The first-order valence-electron chi connectivity index (χ1n) is 33.9. The summed E-state index contributed by atoms with van der Waals surface area (Å²) >= 11 is 0. The van der Waals surface area contributed by atoms with E-state index in [4.69, 9.17) is 37.2 Å². The average Bonchev–Trinajstić information content (AvgIpc) is 1.64. The number of hydrogen-bond acceptors (Lipinski definition) is 11. The summed E-state index contributed by atoms with van der Waals surface area (Å²) in [5, 5.41) is 12.5.